The first-order valence-electron chi connectivity index (χ1n) is 4.60. The number of amides is 2. The third-order valence-electron chi connectivity index (χ3n) is 1.88. The van der Waals surface area contributed by atoms with Gasteiger partial charge in [0.15, 0.2) is 0 Å². The van der Waals surface area contributed by atoms with Crippen LogP contribution in [0.3, 0.4) is 0 Å². The molecule has 0 aliphatic rings. The highest BCUT2D eigenvalue weighted by Gasteiger charge is 2.18. The number of carbonyl (C=O) groups excluding carboxylic acids is 2. The summed E-state index contributed by atoms with van der Waals surface area (Å²) >= 11 is 0. The van der Waals surface area contributed by atoms with Gasteiger partial charge in [0, 0.05) is 12.1 Å². The van der Waals surface area contributed by atoms with Crippen molar-refractivity contribution in [2.75, 3.05) is 0 Å². The molecule has 19 heavy (non-hydrogen) atoms. The van der Waals surface area contributed by atoms with Gasteiger partial charge in [-0.3, -0.25) is 25.1 Å². The Labute approximate surface area is 106 Å². The van der Waals surface area contributed by atoms with Gasteiger partial charge in [-0.05, 0) is 12.1 Å². The van der Waals surface area contributed by atoms with Gasteiger partial charge in [0.1, 0.15) is 0 Å². The highest BCUT2D eigenvalue weighted by Crippen LogP contribution is 2.15. The van der Waals surface area contributed by atoms with Crippen molar-refractivity contribution in [1.29, 1.82) is 0 Å². The number of non-ortho nitro benzene ring substituents is 1. The number of nitrogens with two attached hydrogens (primary N) is 1. The molecule has 0 bridgehead atoms. The number of nitro benzene ring substituents is 1. The van der Waals surface area contributed by atoms with E-state index in [0.717, 1.165) is 24.3 Å². The summed E-state index contributed by atoms with van der Waals surface area (Å²) in [5.74, 6) is -2.71. The van der Waals surface area contributed by atoms with Gasteiger partial charge in [-0.1, -0.05) is 0 Å². The van der Waals surface area contributed by atoms with Crippen molar-refractivity contribution in [1.82, 2.24) is 10.3 Å². The maximum atomic E-state index is 11.6. The summed E-state index contributed by atoms with van der Waals surface area (Å²) < 4.78 is 23.2. The second-order valence-corrected chi connectivity index (χ2v) is 4.86. The second kappa shape index (κ2) is 5.41. The van der Waals surface area contributed by atoms with Crippen LogP contribution in [0, 0.1) is 10.1 Å². The van der Waals surface area contributed by atoms with E-state index in [9.17, 15) is 28.1 Å². The van der Waals surface area contributed by atoms with Crippen LogP contribution in [0.2, 0.25) is 0 Å². The predicted octanol–water partition coefficient (Wildman–Crippen LogP) is -1.61. The quantitative estimate of drug-likeness (QED) is 0.343. The Morgan fingerprint density at radius 2 is 1.74 bits per heavy atom. The highest BCUT2D eigenvalue weighted by atomic mass is 32.2. The van der Waals surface area contributed by atoms with Gasteiger partial charge in [0.25, 0.3) is 15.7 Å². The monoisotopic (exact) mass is 288 g/mol. The Bertz CT molecular complexity index is 623. The number of primary amides is 1. The number of sulfonamides is 1. The molecule has 0 radical (unpaired) electrons. The molecule has 10 nitrogen and oxygen atoms in total. The van der Waals surface area contributed by atoms with Gasteiger partial charge in [-0.2, -0.15) is 0 Å². The van der Waals surface area contributed by atoms with Gasteiger partial charge in [0.2, 0.25) is 0 Å². The summed E-state index contributed by atoms with van der Waals surface area (Å²) in [5.41, 5.74) is 5.88. The fourth-order valence-corrected chi connectivity index (χ4v) is 1.82. The fraction of sp³-hybridized carbons (Fsp3) is 0. The molecule has 0 saturated heterocycles. The smallest absolute Gasteiger partial charge is 0.324 e. The zero-order valence-electron chi connectivity index (χ0n) is 9.19. The van der Waals surface area contributed by atoms with Crippen molar-refractivity contribution in [3.63, 3.8) is 0 Å². The van der Waals surface area contributed by atoms with Crippen molar-refractivity contribution in [2.45, 2.75) is 4.90 Å². The third-order valence-corrected chi connectivity index (χ3v) is 3.14. The van der Waals surface area contributed by atoms with Crippen molar-refractivity contribution in [2.24, 2.45) is 5.73 Å². The van der Waals surface area contributed by atoms with Crippen LogP contribution < -0.4 is 16.0 Å². The first-order chi connectivity index (χ1) is 8.74. The number of rotatable bonds is 4. The molecule has 0 aromatic heterocycles. The standard InChI is InChI=1S/C8H8N4O6S/c9-7(13)8(14)10-11-19(17,18)6-3-1-5(2-4-6)12(15)16/h1-4,11H,(H2,9,13)(H,10,14). The summed E-state index contributed by atoms with van der Waals surface area (Å²) in [6.07, 6.45) is 0. The summed E-state index contributed by atoms with van der Waals surface area (Å²) in [4.78, 5) is 32.1. The van der Waals surface area contributed by atoms with Crippen LogP contribution in [0.1, 0.15) is 0 Å². The lowest BCUT2D eigenvalue weighted by molar-refractivity contribution is -0.384. The molecule has 102 valence electrons. The molecule has 0 saturated carbocycles. The minimum atomic E-state index is -4.14. The van der Waals surface area contributed by atoms with E-state index in [1.807, 2.05) is 0 Å². The van der Waals surface area contributed by atoms with Crippen LogP contribution in [0.25, 0.3) is 0 Å². The largest absolute Gasteiger partial charge is 0.361 e. The lowest BCUT2D eigenvalue weighted by atomic mass is 10.3. The zero-order valence-corrected chi connectivity index (χ0v) is 10.0. The number of benzene rings is 1. The van der Waals surface area contributed by atoms with E-state index in [4.69, 9.17) is 0 Å². The molecule has 0 aliphatic heterocycles. The van der Waals surface area contributed by atoms with Gasteiger partial charge in [-0.25, -0.2) is 8.42 Å². The zero-order chi connectivity index (χ0) is 14.6. The van der Waals surface area contributed by atoms with E-state index in [-0.39, 0.29) is 10.6 Å². The maximum absolute atomic E-state index is 11.6. The number of nitro groups is 1. The average molecular weight is 288 g/mol. The normalized spacial score (nSPS) is 10.7. The van der Waals surface area contributed by atoms with Crippen LogP contribution in [0.5, 0.6) is 0 Å². The molecule has 0 aliphatic carbocycles. The Hall–Kier alpha value is -2.53. The van der Waals surface area contributed by atoms with Crippen molar-refractivity contribution in [3.05, 3.63) is 34.4 Å². The number of nitrogens with one attached hydrogen (secondary N) is 2. The van der Waals surface area contributed by atoms with Crippen molar-refractivity contribution in [3.8, 4) is 0 Å². The number of hydrazine groups is 1. The van der Waals surface area contributed by atoms with Crippen LogP contribution in [-0.2, 0) is 19.6 Å². The summed E-state index contributed by atoms with van der Waals surface area (Å²) in [6, 6.07) is 3.89. The average Bonchev–Trinajstić information content (AvgIpc) is 2.36. The fourth-order valence-electron chi connectivity index (χ4n) is 0.981. The Kier molecular flexibility index (Phi) is 4.14. The molecule has 1 rings (SSSR count). The molecular formula is C8H8N4O6S. The first-order valence-corrected chi connectivity index (χ1v) is 6.08. The Morgan fingerprint density at radius 1 is 1.21 bits per heavy atom. The molecule has 4 N–H and O–H groups in total. The summed E-state index contributed by atoms with van der Waals surface area (Å²) in [6.45, 7) is 0. The number of hydrogen-bond acceptors (Lipinski definition) is 6. The molecule has 0 heterocycles. The molecule has 0 spiro atoms. The first kappa shape index (κ1) is 14.5. The summed E-state index contributed by atoms with van der Waals surface area (Å²) in [5, 5.41) is 10.4. The SMILES string of the molecule is NC(=O)C(=O)NNS(=O)(=O)c1ccc([N+](=O)[O-])cc1. The molecule has 0 fully saturated rings. The van der Waals surface area contributed by atoms with Crippen LogP contribution in [-0.4, -0.2) is 25.2 Å². The highest BCUT2D eigenvalue weighted by molar-refractivity contribution is 7.89. The van der Waals surface area contributed by atoms with E-state index in [0.29, 0.717) is 0 Å². The maximum Gasteiger partial charge on any atom is 0.324 e. The molecule has 0 atom stereocenters. The molecule has 11 heteroatoms. The third kappa shape index (κ3) is 3.72. The topological polar surface area (TPSA) is 162 Å². The van der Waals surface area contributed by atoms with Gasteiger partial charge >= 0.3 is 11.8 Å². The minimum Gasteiger partial charge on any atom is -0.361 e. The number of carbonyl (C=O) groups is 2. The van der Waals surface area contributed by atoms with Gasteiger partial charge in [0.05, 0.1) is 9.82 Å². The van der Waals surface area contributed by atoms with E-state index < -0.39 is 26.8 Å². The lowest BCUT2D eigenvalue weighted by Crippen LogP contribution is -2.46. The predicted molar refractivity (Wildman–Crippen MR) is 60.8 cm³/mol. The van der Waals surface area contributed by atoms with E-state index in [1.165, 1.54) is 0 Å². The van der Waals surface area contributed by atoms with E-state index in [1.54, 1.807) is 10.3 Å². The number of nitrogens with zero attached hydrogens (tertiary/aromatic N) is 1. The molecule has 0 unspecified atom stereocenters. The van der Waals surface area contributed by atoms with Crippen molar-refractivity contribution >= 4 is 27.5 Å². The Balaban J connectivity index is 2.86. The van der Waals surface area contributed by atoms with Crippen molar-refractivity contribution < 1.29 is 22.9 Å². The summed E-state index contributed by atoms with van der Waals surface area (Å²) in [7, 11) is -4.14. The molecule has 2 amide bonds. The minimum absolute atomic E-state index is 0.292. The van der Waals surface area contributed by atoms with Crippen LogP contribution in [0.4, 0.5) is 5.69 Å². The van der Waals surface area contributed by atoms with Gasteiger partial charge < -0.3 is 5.73 Å². The molecule has 1 aromatic rings. The van der Waals surface area contributed by atoms with E-state index in [2.05, 4.69) is 5.73 Å². The second-order valence-electron chi connectivity index (χ2n) is 3.17. The number of hydrogen-bond donors (Lipinski definition) is 3. The van der Waals surface area contributed by atoms with Crippen LogP contribution in [0.15, 0.2) is 29.2 Å². The lowest BCUT2D eigenvalue weighted by Gasteiger charge is -2.06. The molecular weight excluding hydrogens is 280 g/mol. The van der Waals surface area contributed by atoms with Gasteiger partial charge in [-0.15, -0.1) is 4.83 Å². The van der Waals surface area contributed by atoms with E-state index >= 15 is 0 Å². The Morgan fingerprint density at radius 3 is 2.16 bits per heavy atom. The molecule has 1 aromatic carbocycles. The van der Waals surface area contributed by atoms with Crippen LogP contribution >= 0.6 is 0 Å².